The van der Waals surface area contributed by atoms with Crippen LogP contribution >= 0.6 is 11.3 Å². The molecule has 0 bridgehead atoms. The molecular weight excluding hydrogens is 192 g/mol. The summed E-state index contributed by atoms with van der Waals surface area (Å²) in [7, 11) is 0. The van der Waals surface area contributed by atoms with Gasteiger partial charge in [-0.15, -0.1) is 11.3 Å². The number of hydrogen-bond acceptors (Lipinski definition) is 3. The molecule has 14 heavy (non-hydrogen) atoms. The van der Waals surface area contributed by atoms with Crippen molar-refractivity contribution in [2.24, 2.45) is 0 Å². The van der Waals surface area contributed by atoms with Crippen LogP contribution in [0.3, 0.4) is 0 Å². The topological polar surface area (TPSA) is 24.1 Å². The highest BCUT2D eigenvalue weighted by Gasteiger charge is 2.15. The fourth-order valence-electron chi connectivity index (χ4n) is 1.97. The van der Waals surface area contributed by atoms with Crippen molar-refractivity contribution >= 4 is 11.3 Å². The zero-order valence-electron chi connectivity index (χ0n) is 8.62. The summed E-state index contributed by atoms with van der Waals surface area (Å²) in [5.74, 6) is 0. The van der Waals surface area contributed by atoms with Crippen molar-refractivity contribution in [3.63, 3.8) is 0 Å². The van der Waals surface area contributed by atoms with Gasteiger partial charge in [0.05, 0.1) is 0 Å². The van der Waals surface area contributed by atoms with Crippen molar-refractivity contribution in [3.8, 4) is 0 Å². The molecule has 3 heteroatoms. The van der Waals surface area contributed by atoms with Crippen molar-refractivity contribution < 1.29 is 0 Å². The van der Waals surface area contributed by atoms with E-state index in [0.29, 0.717) is 12.1 Å². The Kier molecular flexibility index (Phi) is 3.56. The van der Waals surface area contributed by atoms with E-state index in [2.05, 4.69) is 35.1 Å². The van der Waals surface area contributed by atoms with Crippen molar-refractivity contribution in [2.75, 3.05) is 13.1 Å². The van der Waals surface area contributed by atoms with Gasteiger partial charge in [-0.25, -0.2) is 0 Å². The number of thiophene rings is 1. The molecule has 2 heterocycles. The molecule has 0 amide bonds. The second-order valence-electron chi connectivity index (χ2n) is 3.95. The maximum atomic E-state index is 3.67. The first kappa shape index (κ1) is 10.1. The Hall–Kier alpha value is -0.380. The van der Waals surface area contributed by atoms with Gasteiger partial charge >= 0.3 is 0 Å². The van der Waals surface area contributed by atoms with Gasteiger partial charge in [0, 0.05) is 23.5 Å². The van der Waals surface area contributed by atoms with Gasteiger partial charge < -0.3 is 10.6 Å². The van der Waals surface area contributed by atoms with Crippen LogP contribution in [0.4, 0.5) is 0 Å². The Bertz CT molecular complexity index is 252. The summed E-state index contributed by atoms with van der Waals surface area (Å²) in [6, 6.07) is 5.48. The number of piperidine rings is 1. The third-order valence-corrected chi connectivity index (χ3v) is 3.81. The molecule has 2 N–H and O–H groups in total. The van der Waals surface area contributed by atoms with E-state index in [1.807, 2.05) is 11.3 Å². The maximum absolute atomic E-state index is 3.67. The summed E-state index contributed by atoms with van der Waals surface area (Å²) in [6.07, 6.45) is 2.61. The van der Waals surface area contributed by atoms with Crippen LogP contribution in [0.15, 0.2) is 17.5 Å². The Labute approximate surface area is 89.7 Å². The second kappa shape index (κ2) is 4.91. The predicted molar refractivity (Wildman–Crippen MR) is 61.8 cm³/mol. The summed E-state index contributed by atoms with van der Waals surface area (Å²) in [5, 5.41) is 9.24. The van der Waals surface area contributed by atoms with Gasteiger partial charge in [0.15, 0.2) is 0 Å². The van der Waals surface area contributed by atoms with Gasteiger partial charge in [-0.1, -0.05) is 6.07 Å². The van der Waals surface area contributed by atoms with Gasteiger partial charge in [0.25, 0.3) is 0 Å². The largest absolute Gasteiger partial charge is 0.315 e. The summed E-state index contributed by atoms with van der Waals surface area (Å²) in [4.78, 5) is 1.44. The molecule has 0 aromatic carbocycles. The molecule has 2 atom stereocenters. The molecule has 0 radical (unpaired) electrons. The van der Waals surface area contributed by atoms with Gasteiger partial charge in [-0.3, -0.25) is 0 Å². The third-order valence-electron chi connectivity index (χ3n) is 2.75. The minimum Gasteiger partial charge on any atom is -0.315 e. The minimum absolute atomic E-state index is 0.500. The Balaban J connectivity index is 1.84. The van der Waals surface area contributed by atoms with E-state index in [-0.39, 0.29) is 0 Å². The van der Waals surface area contributed by atoms with Crippen LogP contribution in [0.2, 0.25) is 0 Å². The molecule has 1 saturated heterocycles. The highest BCUT2D eigenvalue weighted by molar-refractivity contribution is 7.10. The summed E-state index contributed by atoms with van der Waals surface area (Å²) in [5.41, 5.74) is 0. The molecule has 1 aliphatic rings. The van der Waals surface area contributed by atoms with Gasteiger partial charge in [-0.05, 0) is 37.8 Å². The van der Waals surface area contributed by atoms with Gasteiger partial charge in [0.2, 0.25) is 0 Å². The zero-order chi connectivity index (χ0) is 9.80. The summed E-state index contributed by atoms with van der Waals surface area (Å²) >= 11 is 1.84. The van der Waals surface area contributed by atoms with E-state index >= 15 is 0 Å². The quantitative estimate of drug-likeness (QED) is 0.799. The zero-order valence-corrected chi connectivity index (χ0v) is 9.44. The predicted octanol–water partition coefficient (Wildman–Crippen LogP) is 2.15. The van der Waals surface area contributed by atoms with Crippen molar-refractivity contribution in [3.05, 3.63) is 22.4 Å². The van der Waals surface area contributed by atoms with E-state index in [0.717, 1.165) is 6.54 Å². The second-order valence-corrected chi connectivity index (χ2v) is 4.93. The highest BCUT2D eigenvalue weighted by Crippen LogP contribution is 2.19. The Morgan fingerprint density at radius 3 is 3.21 bits per heavy atom. The molecule has 1 aromatic heterocycles. The van der Waals surface area contributed by atoms with Crippen LogP contribution < -0.4 is 10.6 Å². The Morgan fingerprint density at radius 2 is 2.57 bits per heavy atom. The van der Waals surface area contributed by atoms with Crippen LogP contribution in [0.5, 0.6) is 0 Å². The summed E-state index contributed by atoms with van der Waals surface area (Å²) in [6.45, 7) is 4.56. The molecule has 0 spiro atoms. The van der Waals surface area contributed by atoms with E-state index < -0.39 is 0 Å². The first-order valence-corrected chi connectivity index (χ1v) is 6.24. The van der Waals surface area contributed by atoms with Gasteiger partial charge in [-0.2, -0.15) is 0 Å². The van der Waals surface area contributed by atoms with Crippen LogP contribution in [0.25, 0.3) is 0 Å². The SMILES string of the molecule is CC(NC1CCCNC1)c1cccs1. The Morgan fingerprint density at radius 1 is 1.64 bits per heavy atom. The first-order chi connectivity index (χ1) is 6.86. The van der Waals surface area contributed by atoms with Gasteiger partial charge in [0.1, 0.15) is 0 Å². The van der Waals surface area contributed by atoms with E-state index in [1.54, 1.807) is 0 Å². The highest BCUT2D eigenvalue weighted by atomic mass is 32.1. The van der Waals surface area contributed by atoms with E-state index in [1.165, 1.54) is 24.3 Å². The average molecular weight is 210 g/mol. The van der Waals surface area contributed by atoms with Crippen molar-refractivity contribution in [1.82, 2.24) is 10.6 Å². The molecule has 2 rings (SSSR count). The van der Waals surface area contributed by atoms with Crippen LogP contribution in [0.1, 0.15) is 30.7 Å². The number of hydrogen-bond donors (Lipinski definition) is 2. The lowest BCUT2D eigenvalue weighted by Gasteiger charge is -2.26. The lowest BCUT2D eigenvalue weighted by Crippen LogP contribution is -2.43. The molecule has 1 fully saturated rings. The van der Waals surface area contributed by atoms with E-state index in [4.69, 9.17) is 0 Å². The molecule has 78 valence electrons. The molecule has 1 aliphatic heterocycles. The first-order valence-electron chi connectivity index (χ1n) is 5.36. The van der Waals surface area contributed by atoms with Crippen molar-refractivity contribution in [2.45, 2.75) is 31.8 Å². The van der Waals surface area contributed by atoms with Crippen molar-refractivity contribution in [1.29, 1.82) is 0 Å². The molecule has 2 unspecified atom stereocenters. The molecular formula is C11H18N2S. The lowest BCUT2D eigenvalue weighted by molar-refractivity contribution is 0.364. The minimum atomic E-state index is 0.500. The number of rotatable bonds is 3. The number of nitrogens with one attached hydrogen (secondary N) is 2. The van der Waals surface area contributed by atoms with E-state index in [9.17, 15) is 0 Å². The van der Waals surface area contributed by atoms with Crippen LogP contribution in [-0.4, -0.2) is 19.1 Å². The van der Waals surface area contributed by atoms with Crippen LogP contribution in [0, 0.1) is 0 Å². The fraction of sp³-hybridized carbons (Fsp3) is 0.636. The lowest BCUT2D eigenvalue weighted by atomic mass is 10.1. The standard InChI is InChI=1S/C11H18N2S/c1-9(11-5-3-7-14-11)13-10-4-2-6-12-8-10/h3,5,7,9-10,12-13H,2,4,6,8H2,1H3. The summed E-state index contributed by atoms with van der Waals surface area (Å²) < 4.78 is 0. The molecule has 2 nitrogen and oxygen atoms in total. The fourth-order valence-corrected chi connectivity index (χ4v) is 2.71. The third kappa shape index (κ3) is 2.56. The normalized spacial score (nSPS) is 24.8. The molecule has 1 aromatic rings. The maximum Gasteiger partial charge on any atom is 0.0388 e. The molecule has 0 saturated carbocycles. The monoisotopic (exact) mass is 210 g/mol. The average Bonchev–Trinajstić information content (AvgIpc) is 2.72. The molecule has 0 aliphatic carbocycles. The van der Waals surface area contributed by atoms with Crippen LogP contribution in [-0.2, 0) is 0 Å². The smallest absolute Gasteiger partial charge is 0.0388 e.